The SMILES string of the molecule is Cn1c(=O)oc2cc(S(=O)(=O)N3CCC(CC(=O)NCC4CCCO4)CC3)ccc21. The normalized spacial score (nSPS) is 21.3. The number of aromatic nitrogens is 1. The van der Waals surface area contributed by atoms with E-state index < -0.39 is 15.8 Å². The van der Waals surface area contributed by atoms with Crippen LogP contribution < -0.4 is 11.1 Å². The number of oxazole rings is 1. The highest BCUT2D eigenvalue weighted by atomic mass is 32.2. The second-order valence-electron chi connectivity index (χ2n) is 8.05. The Bertz CT molecular complexity index is 1080. The average molecular weight is 438 g/mol. The van der Waals surface area contributed by atoms with Gasteiger partial charge in [0.2, 0.25) is 15.9 Å². The first kappa shape index (κ1) is 21.1. The summed E-state index contributed by atoms with van der Waals surface area (Å²) in [6.07, 6.45) is 3.81. The van der Waals surface area contributed by atoms with Gasteiger partial charge >= 0.3 is 5.76 Å². The Morgan fingerprint density at radius 1 is 1.23 bits per heavy atom. The molecule has 2 saturated heterocycles. The van der Waals surface area contributed by atoms with Crippen LogP contribution in [0.4, 0.5) is 0 Å². The highest BCUT2D eigenvalue weighted by molar-refractivity contribution is 7.89. The Kier molecular flexibility index (Phi) is 5.99. The van der Waals surface area contributed by atoms with E-state index in [2.05, 4.69) is 5.32 Å². The zero-order chi connectivity index (χ0) is 21.3. The lowest BCUT2D eigenvalue weighted by atomic mass is 9.94. The van der Waals surface area contributed by atoms with E-state index >= 15 is 0 Å². The van der Waals surface area contributed by atoms with E-state index in [0.717, 1.165) is 19.4 Å². The minimum absolute atomic E-state index is 0.00337. The van der Waals surface area contributed by atoms with Gasteiger partial charge in [-0.3, -0.25) is 9.36 Å². The van der Waals surface area contributed by atoms with Crippen molar-refractivity contribution in [2.24, 2.45) is 13.0 Å². The molecule has 4 rings (SSSR count). The van der Waals surface area contributed by atoms with Crippen LogP contribution in [0.2, 0.25) is 0 Å². The van der Waals surface area contributed by atoms with Gasteiger partial charge in [0.15, 0.2) is 5.58 Å². The van der Waals surface area contributed by atoms with Crippen molar-refractivity contribution in [3.05, 3.63) is 28.7 Å². The van der Waals surface area contributed by atoms with Gasteiger partial charge in [-0.2, -0.15) is 4.31 Å². The maximum absolute atomic E-state index is 13.0. The Hall–Kier alpha value is -2.17. The van der Waals surface area contributed by atoms with Gasteiger partial charge in [0, 0.05) is 45.8 Å². The number of piperidine rings is 1. The van der Waals surface area contributed by atoms with E-state index in [1.54, 1.807) is 13.1 Å². The molecule has 3 heterocycles. The minimum atomic E-state index is -3.69. The lowest BCUT2D eigenvalue weighted by molar-refractivity contribution is -0.122. The van der Waals surface area contributed by atoms with Crippen LogP contribution in [0.15, 0.2) is 32.3 Å². The zero-order valence-electron chi connectivity index (χ0n) is 17.0. The van der Waals surface area contributed by atoms with Crippen LogP contribution in [0.1, 0.15) is 32.1 Å². The van der Waals surface area contributed by atoms with Gasteiger partial charge in [-0.1, -0.05) is 0 Å². The number of hydrogen-bond donors (Lipinski definition) is 1. The molecular weight excluding hydrogens is 410 g/mol. The van der Waals surface area contributed by atoms with Crippen molar-refractivity contribution in [1.29, 1.82) is 0 Å². The summed E-state index contributed by atoms with van der Waals surface area (Å²) in [5.74, 6) is -0.370. The standard InChI is InChI=1S/C20H27N3O6S/c1-22-17-5-4-16(12-18(17)29-20(22)25)30(26,27)23-8-6-14(7-9-23)11-19(24)21-13-15-3-2-10-28-15/h4-5,12,14-15H,2-3,6-11,13H2,1H3,(H,21,24). The molecule has 1 aromatic carbocycles. The number of hydrogen-bond acceptors (Lipinski definition) is 6. The number of benzene rings is 1. The van der Waals surface area contributed by atoms with Gasteiger partial charge in [0.05, 0.1) is 16.5 Å². The van der Waals surface area contributed by atoms with Gasteiger partial charge in [0.1, 0.15) is 0 Å². The molecule has 10 heteroatoms. The van der Waals surface area contributed by atoms with E-state index in [4.69, 9.17) is 9.15 Å². The molecule has 2 aromatic rings. The molecule has 2 aliphatic rings. The number of nitrogens with zero attached hydrogens (tertiary/aromatic N) is 2. The molecule has 1 aromatic heterocycles. The molecule has 0 spiro atoms. The molecule has 9 nitrogen and oxygen atoms in total. The number of nitrogens with one attached hydrogen (secondary N) is 1. The van der Waals surface area contributed by atoms with Crippen LogP contribution in [0.3, 0.4) is 0 Å². The Labute approximate surface area is 175 Å². The Morgan fingerprint density at radius 2 is 2.00 bits per heavy atom. The van der Waals surface area contributed by atoms with E-state index in [-0.39, 0.29) is 28.4 Å². The quantitative estimate of drug-likeness (QED) is 0.727. The Balaban J connectivity index is 1.33. The topological polar surface area (TPSA) is 111 Å². The number of sulfonamides is 1. The molecule has 164 valence electrons. The predicted molar refractivity (Wildman–Crippen MR) is 110 cm³/mol. The van der Waals surface area contributed by atoms with Crippen molar-refractivity contribution in [2.45, 2.75) is 43.1 Å². The number of aryl methyl sites for hydroxylation is 1. The summed E-state index contributed by atoms with van der Waals surface area (Å²) in [5, 5.41) is 2.93. The van der Waals surface area contributed by atoms with E-state index in [0.29, 0.717) is 44.4 Å². The summed E-state index contributed by atoms with van der Waals surface area (Å²) in [7, 11) is -2.11. The first-order chi connectivity index (χ1) is 14.3. The van der Waals surface area contributed by atoms with E-state index in [1.807, 2.05) is 0 Å². The summed E-state index contributed by atoms with van der Waals surface area (Å²) in [4.78, 5) is 23.9. The lowest BCUT2D eigenvalue weighted by Gasteiger charge is -2.31. The van der Waals surface area contributed by atoms with Gasteiger partial charge in [-0.15, -0.1) is 0 Å². The minimum Gasteiger partial charge on any atom is -0.408 e. The maximum Gasteiger partial charge on any atom is 0.419 e. The second kappa shape index (κ2) is 8.52. The van der Waals surface area contributed by atoms with Gasteiger partial charge in [-0.25, -0.2) is 13.2 Å². The largest absolute Gasteiger partial charge is 0.419 e. The third-order valence-corrected chi connectivity index (χ3v) is 7.89. The van der Waals surface area contributed by atoms with Crippen molar-refractivity contribution in [3.63, 3.8) is 0 Å². The van der Waals surface area contributed by atoms with Crippen molar-refractivity contribution >= 4 is 27.0 Å². The number of amides is 1. The van der Waals surface area contributed by atoms with Crippen LogP contribution in [0, 0.1) is 5.92 Å². The predicted octanol–water partition coefficient (Wildman–Crippen LogP) is 1.22. The van der Waals surface area contributed by atoms with Crippen molar-refractivity contribution < 1.29 is 22.4 Å². The molecule has 2 aliphatic heterocycles. The van der Waals surface area contributed by atoms with Gasteiger partial charge in [0.25, 0.3) is 0 Å². The zero-order valence-corrected chi connectivity index (χ0v) is 17.8. The molecule has 1 unspecified atom stereocenters. The molecule has 0 bridgehead atoms. The smallest absolute Gasteiger partial charge is 0.408 e. The van der Waals surface area contributed by atoms with Crippen molar-refractivity contribution in [3.8, 4) is 0 Å². The van der Waals surface area contributed by atoms with E-state index in [9.17, 15) is 18.0 Å². The van der Waals surface area contributed by atoms with Crippen LogP contribution in [-0.4, -0.2) is 55.5 Å². The number of carbonyl (C=O) groups is 1. The highest BCUT2D eigenvalue weighted by Gasteiger charge is 2.31. The summed E-state index contributed by atoms with van der Waals surface area (Å²) < 4.78 is 39.4. The number of carbonyl (C=O) groups excluding carboxylic acids is 1. The fourth-order valence-electron chi connectivity index (χ4n) is 4.14. The fourth-order valence-corrected chi connectivity index (χ4v) is 5.63. The van der Waals surface area contributed by atoms with Crippen LogP contribution in [-0.2, 0) is 26.6 Å². The van der Waals surface area contributed by atoms with Crippen LogP contribution in [0.25, 0.3) is 11.1 Å². The molecule has 0 saturated carbocycles. The van der Waals surface area contributed by atoms with Crippen molar-refractivity contribution in [2.75, 3.05) is 26.2 Å². The fraction of sp³-hybridized carbons (Fsp3) is 0.600. The molecule has 0 radical (unpaired) electrons. The van der Waals surface area contributed by atoms with Crippen molar-refractivity contribution in [1.82, 2.24) is 14.2 Å². The van der Waals surface area contributed by atoms with Gasteiger partial charge < -0.3 is 14.5 Å². The average Bonchev–Trinajstić information content (AvgIpc) is 3.35. The molecule has 1 atom stereocenters. The van der Waals surface area contributed by atoms with Crippen LogP contribution in [0.5, 0.6) is 0 Å². The summed E-state index contributed by atoms with van der Waals surface area (Å²) in [6.45, 7) is 2.03. The molecule has 1 N–H and O–H groups in total. The third kappa shape index (κ3) is 4.30. The molecule has 0 aliphatic carbocycles. The summed E-state index contributed by atoms with van der Waals surface area (Å²) in [5.41, 5.74) is 0.799. The molecule has 30 heavy (non-hydrogen) atoms. The highest BCUT2D eigenvalue weighted by Crippen LogP contribution is 2.27. The van der Waals surface area contributed by atoms with Gasteiger partial charge in [-0.05, 0) is 43.7 Å². The number of fused-ring (bicyclic) bond motifs is 1. The number of ether oxygens (including phenoxy) is 1. The Morgan fingerprint density at radius 3 is 2.70 bits per heavy atom. The first-order valence-electron chi connectivity index (χ1n) is 10.3. The monoisotopic (exact) mass is 437 g/mol. The molecule has 2 fully saturated rings. The van der Waals surface area contributed by atoms with E-state index in [1.165, 1.54) is 21.0 Å². The van der Waals surface area contributed by atoms with Crippen LogP contribution >= 0.6 is 0 Å². The first-order valence-corrected chi connectivity index (χ1v) is 11.8. The number of rotatable bonds is 6. The summed E-state index contributed by atoms with van der Waals surface area (Å²) in [6, 6.07) is 4.48. The maximum atomic E-state index is 13.0. The lowest BCUT2D eigenvalue weighted by Crippen LogP contribution is -2.40. The second-order valence-corrected chi connectivity index (χ2v) is 9.99. The summed E-state index contributed by atoms with van der Waals surface area (Å²) >= 11 is 0. The molecule has 1 amide bonds. The third-order valence-electron chi connectivity index (χ3n) is 6.00. The molecular formula is C20H27N3O6S.